The molecule has 1 N–H and O–H groups in total. The molecular formula is C15H24N2O. The first-order valence-electron chi connectivity index (χ1n) is 6.73. The summed E-state index contributed by atoms with van der Waals surface area (Å²) < 4.78 is 5.73. The Hall–Kier alpha value is -0.900. The molecule has 1 aliphatic heterocycles. The largest absolute Gasteiger partial charge is 0.374 e. The van der Waals surface area contributed by atoms with E-state index in [1.807, 2.05) is 7.05 Å². The van der Waals surface area contributed by atoms with Crippen LogP contribution < -0.4 is 5.32 Å². The van der Waals surface area contributed by atoms with Crippen molar-refractivity contribution in [1.82, 2.24) is 10.2 Å². The van der Waals surface area contributed by atoms with Crippen molar-refractivity contribution in [3.05, 3.63) is 34.9 Å². The van der Waals surface area contributed by atoms with Crippen LogP contribution in [0, 0.1) is 13.8 Å². The Kier molecular flexibility index (Phi) is 4.75. The Balaban J connectivity index is 1.95. The lowest BCUT2D eigenvalue weighted by Gasteiger charge is -2.33. The predicted molar refractivity (Wildman–Crippen MR) is 74.9 cm³/mol. The molecule has 3 nitrogen and oxygen atoms in total. The summed E-state index contributed by atoms with van der Waals surface area (Å²) in [6, 6.07) is 6.80. The zero-order valence-electron chi connectivity index (χ0n) is 11.7. The molecule has 0 radical (unpaired) electrons. The van der Waals surface area contributed by atoms with Gasteiger partial charge in [0.2, 0.25) is 0 Å². The van der Waals surface area contributed by atoms with Gasteiger partial charge in [-0.15, -0.1) is 0 Å². The van der Waals surface area contributed by atoms with E-state index in [9.17, 15) is 0 Å². The number of aryl methyl sites for hydroxylation is 2. The molecule has 0 aliphatic carbocycles. The quantitative estimate of drug-likeness (QED) is 0.878. The van der Waals surface area contributed by atoms with Crippen molar-refractivity contribution in [2.45, 2.75) is 26.5 Å². The highest BCUT2D eigenvalue weighted by Crippen LogP contribution is 2.13. The Bertz CT molecular complexity index is 370. The maximum Gasteiger partial charge on any atom is 0.0826 e. The molecular weight excluding hydrogens is 224 g/mol. The second-order valence-corrected chi connectivity index (χ2v) is 5.28. The van der Waals surface area contributed by atoms with E-state index in [-0.39, 0.29) is 0 Å². The van der Waals surface area contributed by atoms with Crippen LogP contribution in [0.2, 0.25) is 0 Å². The molecule has 1 aromatic rings. The molecule has 1 aromatic carbocycles. The third kappa shape index (κ3) is 3.80. The average molecular weight is 248 g/mol. The first kappa shape index (κ1) is 13.5. The monoisotopic (exact) mass is 248 g/mol. The molecule has 1 heterocycles. The van der Waals surface area contributed by atoms with Crippen molar-refractivity contribution >= 4 is 0 Å². The first-order chi connectivity index (χ1) is 8.67. The maximum atomic E-state index is 5.73. The van der Waals surface area contributed by atoms with E-state index in [4.69, 9.17) is 4.74 Å². The molecule has 100 valence electrons. The van der Waals surface area contributed by atoms with Gasteiger partial charge in [-0.1, -0.05) is 29.3 Å². The molecule has 0 amide bonds. The summed E-state index contributed by atoms with van der Waals surface area (Å²) in [5.41, 5.74) is 4.12. The summed E-state index contributed by atoms with van der Waals surface area (Å²) in [5, 5.41) is 3.19. The highest BCUT2D eigenvalue weighted by Gasteiger charge is 2.19. The van der Waals surface area contributed by atoms with Crippen LogP contribution in [0.1, 0.15) is 16.7 Å². The van der Waals surface area contributed by atoms with Gasteiger partial charge in [-0.25, -0.2) is 0 Å². The van der Waals surface area contributed by atoms with Crippen LogP contribution in [0.15, 0.2) is 18.2 Å². The van der Waals surface area contributed by atoms with E-state index < -0.39 is 0 Å². The SMILES string of the molecule is CNCC1CN(Cc2cc(C)cc(C)c2)CCO1. The van der Waals surface area contributed by atoms with Crippen LogP contribution in [0.25, 0.3) is 0 Å². The Morgan fingerprint density at radius 2 is 2.00 bits per heavy atom. The molecule has 0 bridgehead atoms. The van der Waals surface area contributed by atoms with Crippen molar-refractivity contribution in [3.63, 3.8) is 0 Å². The van der Waals surface area contributed by atoms with Gasteiger partial charge in [-0.05, 0) is 26.5 Å². The Morgan fingerprint density at radius 1 is 1.28 bits per heavy atom. The van der Waals surface area contributed by atoms with Crippen molar-refractivity contribution in [1.29, 1.82) is 0 Å². The Morgan fingerprint density at radius 3 is 2.67 bits per heavy atom. The number of morpholine rings is 1. The number of hydrogen-bond acceptors (Lipinski definition) is 3. The molecule has 1 fully saturated rings. The zero-order chi connectivity index (χ0) is 13.0. The minimum Gasteiger partial charge on any atom is -0.374 e. The van der Waals surface area contributed by atoms with Crippen molar-refractivity contribution in [2.75, 3.05) is 33.3 Å². The molecule has 1 aliphatic rings. The fourth-order valence-corrected chi connectivity index (χ4v) is 2.69. The third-order valence-corrected chi connectivity index (χ3v) is 3.34. The normalized spacial score (nSPS) is 21.2. The van der Waals surface area contributed by atoms with Crippen LogP contribution in [-0.2, 0) is 11.3 Å². The molecule has 18 heavy (non-hydrogen) atoms. The molecule has 3 heteroatoms. The van der Waals surface area contributed by atoms with Gasteiger partial charge in [0, 0.05) is 26.2 Å². The van der Waals surface area contributed by atoms with Gasteiger partial charge in [0.05, 0.1) is 12.7 Å². The highest BCUT2D eigenvalue weighted by atomic mass is 16.5. The minimum atomic E-state index is 0.328. The van der Waals surface area contributed by atoms with E-state index in [0.717, 1.165) is 32.8 Å². The summed E-state index contributed by atoms with van der Waals surface area (Å²) in [4.78, 5) is 2.49. The topological polar surface area (TPSA) is 24.5 Å². The zero-order valence-corrected chi connectivity index (χ0v) is 11.7. The lowest BCUT2D eigenvalue weighted by molar-refractivity contribution is -0.0291. The standard InChI is InChI=1S/C15H24N2O/c1-12-6-13(2)8-14(7-12)10-17-4-5-18-15(11-17)9-16-3/h6-8,15-16H,4-5,9-11H2,1-3H3. The van der Waals surface area contributed by atoms with E-state index >= 15 is 0 Å². The van der Waals surface area contributed by atoms with Gasteiger partial charge in [-0.2, -0.15) is 0 Å². The summed E-state index contributed by atoms with van der Waals surface area (Å²) in [7, 11) is 1.98. The van der Waals surface area contributed by atoms with Crippen LogP contribution in [0.5, 0.6) is 0 Å². The maximum absolute atomic E-state index is 5.73. The lowest BCUT2D eigenvalue weighted by Crippen LogP contribution is -2.45. The van der Waals surface area contributed by atoms with Crippen LogP contribution in [-0.4, -0.2) is 44.3 Å². The molecule has 1 saturated heterocycles. The Labute approximate surface area is 110 Å². The summed E-state index contributed by atoms with van der Waals surface area (Å²) >= 11 is 0. The van der Waals surface area contributed by atoms with Crippen LogP contribution in [0.4, 0.5) is 0 Å². The fourth-order valence-electron chi connectivity index (χ4n) is 2.69. The number of hydrogen-bond donors (Lipinski definition) is 1. The lowest BCUT2D eigenvalue weighted by atomic mass is 10.1. The van der Waals surface area contributed by atoms with Crippen molar-refractivity contribution in [2.24, 2.45) is 0 Å². The molecule has 1 atom stereocenters. The number of likely N-dealkylation sites (N-methyl/N-ethyl adjacent to an activating group) is 1. The van der Waals surface area contributed by atoms with Crippen LogP contribution in [0.3, 0.4) is 0 Å². The molecule has 0 aromatic heterocycles. The minimum absolute atomic E-state index is 0.328. The fraction of sp³-hybridized carbons (Fsp3) is 0.600. The molecule has 0 spiro atoms. The van der Waals surface area contributed by atoms with E-state index in [0.29, 0.717) is 6.10 Å². The number of nitrogens with zero attached hydrogens (tertiary/aromatic N) is 1. The van der Waals surface area contributed by atoms with Gasteiger partial charge in [0.25, 0.3) is 0 Å². The summed E-state index contributed by atoms with van der Waals surface area (Å²) in [5.74, 6) is 0. The number of benzene rings is 1. The first-order valence-corrected chi connectivity index (χ1v) is 6.73. The predicted octanol–water partition coefficient (Wildman–Crippen LogP) is 1.72. The number of nitrogens with one attached hydrogen (secondary N) is 1. The van der Waals surface area contributed by atoms with Crippen molar-refractivity contribution < 1.29 is 4.74 Å². The number of ether oxygens (including phenoxy) is 1. The van der Waals surface area contributed by atoms with E-state index in [1.165, 1.54) is 16.7 Å². The summed E-state index contributed by atoms with van der Waals surface area (Å²) in [6.07, 6.45) is 0.328. The van der Waals surface area contributed by atoms with Gasteiger partial charge >= 0.3 is 0 Å². The average Bonchev–Trinajstić information content (AvgIpc) is 2.28. The second-order valence-electron chi connectivity index (χ2n) is 5.28. The molecule has 0 saturated carbocycles. The van der Waals surface area contributed by atoms with E-state index in [2.05, 4.69) is 42.3 Å². The molecule has 2 rings (SSSR count). The summed E-state index contributed by atoms with van der Waals surface area (Å²) in [6.45, 7) is 9.20. The van der Waals surface area contributed by atoms with Gasteiger partial charge in [-0.3, -0.25) is 4.90 Å². The van der Waals surface area contributed by atoms with Gasteiger partial charge in [0.15, 0.2) is 0 Å². The van der Waals surface area contributed by atoms with Gasteiger partial charge in [0.1, 0.15) is 0 Å². The smallest absolute Gasteiger partial charge is 0.0826 e. The van der Waals surface area contributed by atoms with E-state index in [1.54, 1.807) is 0 Å². The van der Waals surface area contributed by atoms with Crippen LogP contribution >= 0.6 is 0 Å². The molecule has 1 unspecified atom stereocenters. The van der Waals surface area contributed by atoms with Gasteiger partial charge < -0.3 is 10.1 Å². The third-order valence-electron chi connectivity index (χ3n) is 3.34. The second kappa shape index (κ2) is 6.32. The van der Waals surface area contributed by atoms with Crippen molar-refractivity contribution in [3.8, 4) is 0 Å². The number of rotatable bonds is 4. The highest BCUT2D eigenvalue weighted by molar-refractivity contribution is 5.28.